The topological polar surface area (TPSA) is 38.0 Å². The summed E-state index contributed by atoms with van der Waals surface area (Å²) in [6.45, 7) is 8.70. The lowest BCUT2D eigenvalue weighted by atomic mass is 10.1. The van der Waals surface area contributed by atoms with Crippen LogP contribution in [0.4, 0.5) is 0 Å². The van der Waals surface area contributed by atoms with Crippen LogP contribution in [0.5, 0.6) is 0 Å². The molecule has 3 N–H and O–H groups in total. The van der Waals surface area contributed by atoms with Crippen LogP contribution in [0.25, 0.3) is 0 Å². The third kappa shape index (κ3) is 6.35. The Morgan fingerprint density at radius 3 is 2.52 bits per heavy atom. The van der Waals surface area contributed by atoms with E-state index in [-0.39, 0.29) is 5.91 Å². The molecule has 0 radical (unpaired) electrons. The molecule has 3 rings (SSSR count). The van der Waals surface area contributed by atoms with Crippen LogP contribution < -0.4 is 15.1 Å². The Morgan fingerprint density at radius 1 is 1.04 bits per heavy atom. The molecule has 1 amide bonds. The third-order valence-electron chi connectivity index (χ3n) is 5.40. The minimum absolute atomic E-state index is 0.164. The number of piperazine rings is 1. The van der Waals surface area contributed by atoms with Crippen LogP contribution >= 0.6 is 11.6 Å². The molecular formula is C22H30ClN3O+2. The average molecular weight is 388 g/mol. The molecule has 0 spiro atoms. The number of carbonyl (C=O) groups is 1. The SMILES string of the molecule is Cc1ccccc1CCNC(=O)C[NH+]1CC[NH+](Cc2cccc(Cl)c2)CC1. The molecule has 4 nitrogen and oxygen atoms in total. The van der Waals surface area contributed by atoms with Gasteiger partial charge in [0.05, 0.1) is 0 Å². The Balaban J connectivity index is 1.35. The molecule has 0 atom stereocenters. The highest BCUT2D eigenvalue weighted by Gasteiger charge is 2.24. The molecule has 2 aromatic rings. The standard InChI is InChI=1S/C22H28ClN3O/c1-18-5-2-3-7-20(18)9-10-24-22(27)17-26-13-11-25(12-14-26)16-19-6-4-8-21(23)15-19/h2-8,15H,9-14,16-17H2,1H3,(H,24,27)/p+2. The second-order valence-corrected chi connectivity index (χ2v) is 7.95. The summed E-state index contributed by atoms with van der Waals surface area (Å²) in [6.07, 6.45) is 0.894. The Labute approximate surface area is 167 Å². The summed E-state index contributed by atoms with van der Waals surface area (Å²) in [7, 11) is 0. The van der Waals surface area contributed by atoms with Gasteiger partial charge in [0, 0.05) is 17.1 Å². The molecule has 1 saturated heterocycles. The van der Waals surface area contributed by atoms with E-state index in [2.05, 4.69) is 48.6 Å². The number of aryl methyl sites for hydroxylation is 1. The number of carbonyl (C=O) groups excluding carboxylic acids is 1. The predicted molar refractivity (Wildman–Crippen MR) is 109 cm³/mol. The number of halogens is 1. The molecule has 0 saturated carbocycles. The maximum absolute atomic E-state index is 12.2. The first-order valence-electron chi connectivity index (χ1n) is 9.83. The van der Waals surface area contributed by atoms with E-state index < -0.39 is 0 Å². The number of benzene rings is 2. The molecular weight excluding hydrogens is 358 g/mol. The van der Waals surface area contributed by atoms with E-state index in [4.69, 9.17) is 11.6 Å². The van der Waals surface area contributed by atoms with Gasteiger partial charge in [-0.2, -0.15) is 0 Å². The summed E-state index contributed by atoms with van der Waals surface area (Å²) in [5, 5.41) is 3.89. The zero-order chi connectivity index (χ0) is 19.1. The normalized spacial score (nSPS) is 19.6. The smallest absolute Gasteiger partial charge is 0.275 e. The number of amides is 1. The molecule has 1 aliphatic heterocycles. The monoisotopic (exact) mass is 387 g/mol. The van der Waals surface area contributed by atoms with E-state index in [1.807, 2.05) is 12.1 Å². The molecule has 0 bridgehead atoms. The largest absolute Gasteiger partial charge is 0.351 e. The van der Waals surface area contributed by atoms with Crippen molar-refractivity contribution >= 4 is 17.5 Å². The van der Waals surface area contributed by atoms with Crippen molar-refractivity contribution in [2.24, 2.45) is 0 Å². The number of nitrogens with one attached hydrogen (secondary N) is 3. The molecule has 0 unspecified atom stereocenters. The first-order chi connectivity index (χ1) is 13.1. The van der Waals surface area contributed by atoms with E-state index in [0.29, 0.717) is 13.1 Å². The molecule has 1 aliphatic rings. The molecule has 144 valence electrons. The highest BCUT2D eigenvalue weighted by Crippen LogP contribution is 2.09. The summed E-state index contributed by atoms with van der Waals surface area (Å²) >= 11 is 6.07. The summed E-state index contributed by atoms with van der Waals surface area (Å²) in [6, 6.07) is 16.5. The van der Waals surface area contributed by atoms with Crippen LogP contribution in [0.3, 0.4) is 0 Å². The van der Waals surface area contributed by atoms with Gasteiger partial charge in [0.1, 0.15) is 32.7 Å². The van der Waals surface area contributed by atoms with Crippen molar-refractivity contribution in [1.82, 2.24) is 5.32 Å². The molecule has 2 aromatic carbocycles. The first-order valence-corrected chi connectivity index (χ1v) is 10.2. The summed E-state index contributed by atoms with van der Waals surface area (Å²) in [4.78, 5) is 15.2. The van der Waals surface area contributed by atoms with Crippen molar-refractivity contribution in [3.05, 3.63) is 70.2 Å². The van der Waals surface area contributed by atoms with Crippen LogP contribution in [0.15, 0.2) is 48.5 Å². The minimum Gasteiger partial charge on any atom is -0.351 e. The molecule has 1 fully saturated rings. The summed E-state index contributed by atoms with van der Waals surface area (Å²) in [5.41, 5.74) is 3.88. The zero-order valence-corrected chi connectivity index (χ0v) is 16.8. The average Bonchev–Trinajstić information content (AvgIpc) is 2.65. The number of hydrogen-bond donors (Lipinski definition) is 3. The van der Waals surface area contributed by atoms with E-state index in [0.717, 1.165) is 44.2 Å². The molecule has 27 heavy (non-hydrogen) atoms. The van der Waals surface area contributed by atoms with Gasteiger partial charge in [-0.05, 0) is 36.6 Å². The van der Waals surface area contributed by atoms with Crippen LogP contribution in [-0.2, 0) is 17.8 Å². The third-order valence-corrected chi connectivity index (χ3v) is 5.63. The van der Waals surface area contributed by atoms with E-state index in [1.165, 1.54) is 21.6 Å². The summed E-state index contributed by atoms with van der Waals surface area (Å²) < 4.78 is 0. The zero-order valence-electron chi connectivity index (χ0n) is 16.1. The lowest BCUT2D eigenvalue weighted by Gasteiger charge is -2.29. The van der Waals surface area contributed by atoms with Crippen molar-refractivity contribution in [3.8, 4) is 0 Å². The van der Waals surface area contributed by atoms with Gasteiger partial charge in [-0.3, -0.25) is 4.79 Å². The number of rotatable bonds is 7. The van der Waals surface area contributed by atoms with Crippen molar-refractivity contribution in [3.63, 3.8) is 0 Å². The van der Waals surface area contributed by atoms with Crippen molar-refractivity contribution < 1.29 is 14.6 Å². The van der Waals surface area contributed by atoms with Gasteiger partial charge >= 0.3 is 0 Å². The number of quaternary nitrogens is 2. The quantitative estimate of drug-likeness (QED) is 0.627. The van der Waals surface area contributed by atoms with E-state index >= 15 is 0 Å². The van der Waals surface area contributed by atoms with Crippen LogP contribution in [-0.4, -0.2) is 45.2 Å². The highest BCUT2D eigenvalue weighted by molar-refractivity contribution is 6.30. The fourth-order valence-electron chi connectivity index (χ4n) is 3.76. The highest BCUT2D eigenvalue weighted by atomic mass is 35.5. The van der Waals surface area contributed by atoms with Gasteiger partial charge in [0.25, 0.3) is 5.91 Å². The lowest BCUT2D eigenvalue weighted by molar-refractivity contribution is -1.02. The predicted octanol–water partition coefficient (Wildman–Crippen LogP) is 0.291. The Kier molecular flexibility index (Phi) is 7.27. The molecule has 0 aliphatic carbocycles. The van der Waals surface area contributed by atoms with Crippen molar-refractivity contribution in [2.45, 2.75) is 19.9 Å². The molecule has 1 heterocycles. The van der Waals surface area contributed by atoms with E-state index in [1.54, 1.807) is 4.90 Å². The minimum atomic E-state index is 0.164. The van der Waals surface area contributed by atoms with Crippen molar-refractivity contribution in [1.29, 1.82) is 0 Å². The first kappa shape index (κ1) is 19.9. The van der Waals surface area contributed by atoms with Crippen LogP contribution in [0.1, 0.15) is 16.7 Å². The van der Waals surface area contributed by atoms with Gasteiger partial charge in [-0.25, -0.2) is 0 Å². The van der Waals surface area contributed by atoms with Crippen LogP contribution in [0.2, 0.25) is 5.02 Å². The Bertz CT molecular complexity index is 757. The van der Waals surface area contributed by atoms with Crippen molar-refractivity contribution in [2.75, 3.05) is 39.3 Å². The fourth-order valence-corrected chi connectivity index (χ4v) is 3.98. The maximum atomic E-state index is 12.2. The van der Waals surface area contributed by atoms with Gasteiger partial charge in [-0.15, -0.1) is 0 Å². The van der Waals surface area contributed by atoms with Gasteiger partial charge in [0.15, 0.2) is 6.54 Å². The Morgan fingerprint density at radius 2 is 1.78 bits per heavy atom. The van der Waals surface area contributed by atoms with Gasteiger partial charge < -0.3 is 15.1 Å². The maximum Gasteiger partial charge on any atom is 0.275 e. The second-order valence-electron chi connectivity index (χ2n) is 7.51. The number of hydrogen-bond acceptors (Lipinski definition) is 1. The lowest BCUT2D eigenvalue weighted by Crippen LogP contribution is -3.28. The van der Waals surface area contributed by atoms with Crippen LogP contribution in [0, 0.1) is 6.92 Å². The van der Waals surface area contributed by atoms with Gasteiger partial charge in [-0.1, -0.05) is 48.0 Å². The molecule has 0 aromatic heterocycles. The molecule has 5 heteroatoms. The second kappa shape index (κ2) is 9.88. The van der Waals surface area contributed by atoms with E-state index in [9.17, 15) is 4.79 Å². The summed E-state index contributed by atoms with van der Waals surface area (Å²) in [5.74, 6) is 0.164. The Hall–Kier alpha value is -1.88. The fraction of sp³-hybridized carbons (Fsp3) is 0.409. The van der Waals surface area contributed by atoms with Gasteiger partial charge in [0.2, 0.25) is 0 Å².